The number of carbonyl (C=O) groups excluding carboxylic acids is 1. The molecule has 1 unspecified atom stereocenters. The van der Waals surface area contributed by atoms with Gasteiger partial charge in [-0.15, -0.1) is 0 Å². The zero-order valence-corrected chi connectivity index (χ0v) is 12.5. The maximum absolute atomic E-state index is 11.9. The third-order valence-corrected chi connectivity index (χ3v) is 4.09. The molecule has 3 heteroatoms. The van der Waals surface area contributed by atoms with Crippen LogP contribution in [0.15, 0.2) is 30.3 Å². The van der Waals surface area contributed by atoms with E-state index in [-0.39, 0.29) is 5.91 Å². The Balaban J connectivity index is 1.64. The summed E-state index contributed by atoms with van der Waals surface area (Å²) in [4.78, 5) is 14.4. The molecule has 1 aromatic carbocycles. The maximum Gasteiger partial charge on any atom is 0.220 e. The van der Waals surface area contributed by atoms with Gasteiger partial charge in [0.2, 0.25) is 5.91 Å². The predicted molar refractivity (Wildman–Crippen MR) is 82.7 cm³/mol. The molecule has 1 aromatic rings. The monoisotopic (exact) mass is 274 g/mol. The molecule has 1 amide bonds. The van der Waals surface area contributed by atoms with Crippen LogP contribution in [0.3, 0.4) is 0 Å². The Hall–Kier alpha value is -1.35. The molecule has 1 heterocycles. The van der Waals surface area contributed by atoms with Crippen molar-refractivity contribution in [2.24, 2.45) is 0 Å². The van der Waals surface area contributed by atoms with Crippen molar-refractivity contribution in [1.82, 2.24) is 10.2 Å². The third kappa shape index (κ3) is 4.97. The largest absolute Gasteiger partial charge is 0.355 e. The Morgan fingerprint density at radius 3 is 2.60 bits per heavy atom. The number of amides is 1. The summed E-state index contributed by atoms with van der Waals surface area (Å²) in [7, 11) is 0. The van der Waals surface area contributed by atoms with Crippen molar-refractivity contribution in [3.8, 4) is 0 Å². The Morgan fingerprint density at radius 2 is 1.90 bits per heavy atom. The highest BCUT2D eigenvalue weighted by Gasteiger charge is 2.16. The van der Waals surface area contributed by atoms with Crippen LogP contribution in [0, 0.1) is 0 Å². The Labute approximate surface area is 122 Å². The van der Waals surface area contributed by atoms with Gasteiger partial charge in [-0.25, -0.2) is 0 Å². The number of nitrogens with one attached hydrogen (secondary N) is 1. The smallest absolute Gasteiger partial charge is 0.220 e. The lowest BCUT2D eigenvalue weighted by Crippen LogP contribution is -2.44. The van der Waals surface area contributed by atoms with Gasteiger partial charge in [0.15, 0.2) is 0 Å². The molecule has 1 aliphatic rings. The lowest BCUT2D eigenvalue weighted by Gasteiger charge is -2.32. The topological polar surface area (TPSA) is 32.3 Å². The van der Waals surface area contributed by atoms with Gasteiger partial charge >= 0.3 is 0 Å². The molecule has 0 radical (unpaired) electrons. The quantitative estimate of drug-likeness (QED) is 0.865. The molecule has 1 N–H and O–H groups in total. The van der Waals surface area contributed by atoms with Gasteiger partial charge in [-0.3, -0.25) is 9.69 Å². The van der Waals surface area contributed by atoms with Crippen LogP contribution >= 0.6 is 0 Å². The molecule has 1 atom stereocenters. The summed E-state index contributed by atoms with van der Waals surface area (Å²) in [6, 6.07) is 10.6. The normalized spacial score (nSPS) is 17.6. The lowest BCUT2D eigenvalue weighted by molar-refractivity contribution is -0.121. The van der Waals surface area contributed by atoms with Crippen molar-refractivity contribution in [3.63, 3.8) is 0 Å². The van der Waals surface area contributed by atoms with Crippen LogP contribution in [0.4, 0.5) is 0 Å². The van der Waals surface area contributed by atoms with Gasteiger partial charge in [0, 0.05) is 19.0 Å². The van der Waals surface area contributed by atoms with E-state index in [9.17, 15) is 4.79 Å². The molecule has 0 aromatic heterocycles. The average Bonchev–Trinajstić information content (AvgIpc) is 2.52. The minimum atomic E-state index is 0.165. The molecule has 1 aliphatic heterocycles. The molecule has 0 saturated carbocycles. The van der Waals surface area contributed by atoms with Crippen LogP contribution in [0.5, 0.6) is 0 Å². The molecule has 1 fully saturated rings. The molecule has 110 valence electrons. The van der Waals surface area contributed by atoms with Crippen molar-refractivity contribution in [2.75, 3.05) is 19.6 Å². The zero-order chi connectivity index (χ0) is 14.2. The van der Waals surface area contributed by atoms with E-state index in [2.05, 4.69) is 29.3 Å². The molecule has 0 spiro atoms. The zero-order valence-electron chi connectivity index (χ0n) is 12.5. The van der Waals surface area contributed by atoms with E-state index in [0.29, 0.717) is 12.5 Å². The fourth-order valence-electron chi connectivity index (χ4n) is 2.74. The number of benzene rings is 1. The summed E-state index contributed by atoms with van der Waals surface area (Å²) in [6.07, 6.45) is 5.35. The standard InChI is InChI=1S/C17H26N2O/c1-15(19-12-6-3-7-13-19)14-18-17(20)11-10-16-8-4-2-5-9-16/h2,4-5,8-9,15H,3,6-7,10-14H2,1H3,(H,18,20). The summed E-state index contributed by atoms with van der Waals surface area (Å²) in [5.41, 5.74) is 1.23. The summed E-state index contributed by atoms with van der Waals surface area (Å²) >= 11 is 0. The molecule has 2 rings (SSSR count). The second-order valence-corrected chi connectivity index (χ2v) is 5.74. The van der Waals surface area contributed by atoms with Crippen LogP contribution < -0.4 is 5.32 Å². The van der Waals surface area contributed by atoms with E-state index in [1.807, 2.05) is 18.2 Å². The summed E-state index contributed by atoms with van der Waals surface area (Å²) in [6.45, 7) is 5.35. The minimum absolute atomic E-state index is 0.165. The second-order valence-electron chi connectivity index (χ2n) is 5.74. The first-order valence-electron chi connectivity index (χ1n) is 7.80. The van der Waals surface area contributed by atoms with E-state index in [1.165, 1.54) is 37.9 Å². The van der Waals surface area contributed by atoms with Crippen LogP contribution in [0.25, 0.3) is 0 Å². The van der Waals surface area contributed by atoms with Crippen molar-refractivity contribution in [1.29, 1.82) is 0 Å². The van der Waals surface area contributed by atoms with Crippen LogP contribution in [0.2, 0.25) is 0 Å². The van der Waals surface area contributed by atoms with Gasteiger partial charge in [0.25, 0.3) is 0 Å². The highest BCUT2D eigenvalue weighted by Crippen LogP contribution is 2.11. The van der Waals surface area contributed by atoms with Crippen molar-refractivity contribution >= 4 is 5.91 Å². The van der Waals surface area contributed by atoms with Gasteiger partial charge in [-0.2, -0.15) is 0 Å². The number of aryl methyl sites for hydroxylation is 1. The number of rotatable bonds is 6. The summed E-state index contributed by atoms with van der Waals surface area (Å²) < 4.78 is 0. The molecular weight excluding hydrogens is 248 g/mol. The van der Waals surface area contributed by atoms with E-state index < -0.39 is 0 Å². The molecule has 3 nitrogen and oxygen atoms in total. The highest BCUT2D eigenvalue weighted by molar-refractivity contribution is 5.76. The third-order valence-electron chi connectivity index (χ3n) is 4.09. The highest BCUT2D eigenvalue weighted by atomic mass is 16.1. The first-order valence-corrected chi connectivity index (χ1v) is 7.80. The molecule has 0 aliphatic carbocycles. The van der Waals surface area contributed by atoms with Crippen molar-refractivity contribution in [2.45, 2.75) is 45.1 Å². The van der Waals surface area contributed by atoms with Crippen LogP contribution in [-0.4, -0.2) is 36.5 Å². The molecular formula is C17H26N2O. The van der Waals surface area contributed by atoms with E-state index in [4.69, 9.17) is 0 Å². The minimum Gasteiger partial charge on any atom is -0.355 e. The molecule has 0 bridgehead atoms. The van der Waals surface area contributed by atoms with E-state index in [1.54, 1.807) is 0 Å². The van der Waals surface area contributed by atoms with Gasteiger partial charge in [0.1, 0.15) is 0 Å². The number of hydrogen-bond acceptors (Lipinski definition) is 2. The molecule has 20 heavy (non-hydrogen) atoms. The Bertz CT molecular complexity index is 399. The van der Waals surface area contributed by atoms with Crippen LogP contribution in [-0.2, 0) is 11.2 Å². The van der Waals surface area contributed by atoms with Gasteiger partial charge in [-0.05, 0) is 44.8 Å². The Morgan fingerprint density at radius 1 is 1.20 bits per heavy atom. The number of piperidine rings is 1. The number of likely N-dealkylation sites (tertiary alicyclic amines) is 1. The van der Waals surface area contributed by atoms with Crippen LogP contribution in [0.1, 0.15) is 38.2 Å². The van der Waals surface area contributed by atoms with Gasteiger partial charge < -0.3 is 5.32 Å². The fraction of sp³-hybridized carbons (Fsp3) is 0.588. The maximum atomic E-state index is 11.9. The Kier molecular flexibility index (Phi) is 6.06. The van der Waals surface area contributed by atoms with Gasteiger partial charge in [-0.1, -0.05) is 36.8 Å². The fourth-order valence-corrected chi connectivity index (χ4v) is 2.74. The number of nitrogens with zero attached hydrogens (tertiary/aromatic N) is 1. The van der Waals surface area contributed by atoms with E-state index in [0.717, 1.165) is 13.0 Å². The van der Waals surface area contributed by atoms with Crippen molar-refractivity contribution < 1.29 is 4.79 Å². The first kappa shape index (κ1) is 15.0. The number of carbonyl (C=O) groups is 1. The first-order chi connectivity index (χ1) is 9.75. The second kappa shape index (κ2) is 8.05. The van der Waals surface area contributed by atoms with E-state index >= 15 is 0 Å². The summed E-state index contributed by atoms with van der Waals surface area (Å²) in [5.74, 6) is 0.165. The number of hydrogen-bond donors (Lipinski definition) is 1. The predicted octanol–water partition coefficient (Wildman–Crippen LogP) is 2.61. The molecule has 1 saturated heterocycles. The van der Waals surface area contributed by atoms with Gasteiger partial charge in [0.05, 0.1) is 0 Å². The lowest BCUT2D eigenvalue weighted by atomic mass is 10.1. The average molecular weight is 274 g/mol. The SMILES string of the molecule is CC(CNC(=O)CCc1ccccc1)N1CCCCC1. The summed E-state index contributed by atoms with van der Waals surface area (Å²) in [5, 5.41) is 3.07. The van der Waals surface area contributed by atoms with Crippen molar-refractivity contribution in [3.05, 3.63) is 35.9 Å².